The molecule has 0 atom stereocenters. The van der Waals surface area contributed by atoms with Crippen molar-refractivity contribution >= 4 is 11.5 Å². The van der Waals surface area contributed by atoms with Crippen LogP contribution in [0.1, 0.15) is 38.2 Å². The average molecular weight is 398 g/mol. The molecule has 4 rings (SSSR count). The van der Waals surface area contributed by atoms with E-state index >= 15 is 0 Å². The summed E-state index contributed by atoms with van der Waals surface area (Å²) < 4.78 is 1.75. The van der Waals surface area contributed by atoms with Gasteiger partial charge in [-0.3, -0.25) is 0 Å². The summed E-state index contributed by atoms with van der Waals surface area (Å²) in [5.41, 5.74) is 3.36. The van der Waals surface area contributed by atoms with Gasteiger partial charge in [0.1, 0.15) is 5.82 Å². The molecule has 2 heterocycles. The van der Waals surface area contributed by atoms with Gasteiger partial charge in [0.05, 0.1) is 0 Å². The van der Waals surface area contributed by atoms with Gasteiger partial charge in [0.15, 0.2) is 11.6 Å². The Hall–Kier alpha value is -3.47. The van der Waals surface area contributed by atoms with Gasteiger partial charge in [0.2, 0.25) is 0 Å². The van der Waals surface area contributed by atoms with Crippen LogP contribution in [0.15, 0.2) is 79.1 Å². The second kappa shape index (κ2) is 9.83. The third kappa shape index (κ3) is 5.11. The summed E-state index contributed by atoms with van der Waals surface area (Å²) in [5.74, 6) is 2.13. The summed E-state index contributed by atoms with van der Waals surface area (Å²) >= 11 is 0. The van der Waals surface area contributed by atoms with Crippen LogP contribution >= 0.6 is 0 Å². The largest absolute Gasteiger partial charge is 0.340 e. The van der Waals surface area contributed by atoms with E-state index in [-0.39, 0.29) is 0 Å². The number of benzene rings is 2. The topological polar surface area (TPSA) is 55.6 Å². The third-order valence-corrected chi connectivity index (χ3v) is 5.03. The number of hydrogen-bond acceptors (Lipinski definition) is 4. The van der Waals surface area contributed by atoms with Gasteiger partial charge in [-0.15, -0.1) is 0 Å². The van der Waals surface area contributed by atoms with Crippen molar-refractivity contribution in [2.45, 2.75) is 39.0 Å². The lowest BCUT2D eigenvalue weighted by atomic mass is 10.1. The van der Waals surface area contributed by atoms with E-state index in [0.717, 1.165) is 29.3 Å². The highest BCUT2D eigenvalue weighted by Gasteiger charge is 2.09. The smallest absolute Gasteiger partial charge is 0.163 e. The molecule has 0 aliphatic heterocycles. The molecular weight excluding hydrogens is 370 g/mol. The second-order valence-electron chi connectivity index (χ2n) is 7.38. The second-order valence-corrected chi connectivity index (χ2v) is 7.38. The lowest BCUT2D eigenvalue weighted by molar-refractivity contribution is 0.667. The summed E-state index contributed by atoms with van der Waals surface area (Å²) in [6.45, 7) is 2.24. The molecule has 0 amide bonds. The van der Waals surface area contributed by atoms with E-state index in [1.807, 2.05) is 48.7 Å². The predicted molar refractivity (Wildman–Crippen MR) is 122 cm³/mol. The lowest BCUT2D eigenvalue weighted by Crippen LogP contribution is -2.04. The minimum absolute atomic E-state index is 0.665. The number of aryl methyl sites for hydroxylation is 1. The molecular formula is C25H27N5. The average Bonchev–Trinajstić information content (AvgIpc) is 3.33. The fourth-order valence-corrected chi connectivity index (χ4v) is 3.40. The quantitative estimate of drug-likeness (QED) is 0.342. The van der Waals surface area contributed by atoms with Gasteiger partial charge in [-0.25, -0.2) is 14.6 Å². The number of rotatable bonds is 9. The zero-order chi connectivity index (χ0) is 20.6. The molecule has 0 radical (unpaired) electrons. The van der Waals surface area contributed by atoms with Crippen LogP contribution in [0.2, 0.25) is 0 Å². The molecule has 1 N–H and O–H groups in total. The first-order valence-corrected chi connectivity index (χ1v) is 10.6. The summed E-state index contributed by atoms with van der Waals surface area (Å²) in [7, 11) is 0. The number of hydrogen-bond donors (Lipinski definition) is 1. The Kier molecular flexibility index (Phi) is 6.50. The van der Waals surface area contributed by atoms with Gasteiger partial charge in [-0.05, 0) is 36.6 Å². The van der Waals surface area contributed by atoms with Crippen LogP contribution in [0.25, 0.3) is 17.2 Å². The van der Waals surface area contributed by atoms with Gasteiger partial charge in [0, 0.05) is 29.7 Å². The third-order valence-electron chi connectivity index (χ3n) is 5.03. The molecule has 0 aliphatic rings. The maximum absolute atomic E-state index is 4.74. The molecule has 0 spiro atoms. The maximum atomic E-state index is 4.74. The zero-order valence-corrected chi connectivity index (χ0v) is 17.3. The van der Waals surface area contributed by atoms with Crippen molar-refractivity contribution in [3.8, 4) is 17.2 Å². The van der Waals surface area contributed by atoms with Crippen molar-refractivity contribution < 1.29 is 0 Å². The van der Waals surface area contributed by atoms with E-state index in [0.29, 0.717) is 5.82 Å². The highest BCUT2D eigenvalue weighted by molar-refractivity contribution is 5.63. The summed E-state index contributed by atoms with van der Waals surface area (Å²) in [5, 5.41) is 7.75. The molecule has 30 heavy (non-hydrogen) atoms. The van der Waals surface area contributed by atoms with Crippen LogP contribution < -0.4 is 5.32 Å². The molecule has 0 aliphatic carbocycles. The normalized spacial score (nSPS) is 10.8. The number of unbranched alkanes of at least 4 members (excludes halogenated alkanes) is 3. The molecule has 5 nitrogen and oxygen atoms in total. The monoisotopic (exact) mass is 397 g/mol. The lowest BCUT2D eigenvalue weighted by Gasteiger charge is -2.11. The van der Waals surface area contributed by atoms with E-state index in [1.54, 1.807) is 10.9 Å². The van der Waals surface area contributed by atoms with Crippen molar-refractivity contribution in [2.24, 2.45) is 0 Å². The van der Waals surface area contributed by atoms with Crippen molar-refractivity contribution in [2.75, 3.05) is 5.32 Å². The number of anilines is 2. The molecule has 5 heteroatoms. The fraction of sp³-hybridized carbons (Fsp3) is 0.240. The van der Waals surface area contributed by atoms with Gasteiger partial charge < -0.3 is 5.32 Å². The Morgan fingerprint density at radius 3 is 2.43 bits per heavy atom. The van der Waals surface area contributed by atoms with Crippen LogP contribution in [0, 0.1) is 0 Å². The molecule has 0 unspecified atom stereocenters. The minimum atomic E-state index is 0.665. The fourth-order valence-electron chi connectivity index (χ4n) is 3.40. The number of nitrogens with one attached hydrogen (secondary N) is 1. The van der Waals surface area contributed by atoms with E-state index in [9.17, 15) is 0 Å². The van der Waals surface area contributed by atoms with Crippen molar-refractivity contribution in [1.29, 1.82) is 0 Å². The van der Waals surface area contributed by atoms with E-state index in [2.05, 4.69) is 41.6 Å². The summed E-state index contributed by atoms with van der Waals surface area (Å²) in [6, 6.07) is 22.4. The zero-order valence-electron chi connectivity index (χ0n) is 17.3. The highest BCUT2D eigenvalue weighted by atomic mass is 15.3. The van der Waals surface area contributed by atoms with E-state index in [1.165, 1.54) is 31.2 Å². The highest BCUT2D eigenvalue weighted by Crippen LogP contribution is 2.22. The first-order valence-electron chi connectivity index (χ1n) is 10.6. The number of aromatic nitrogens is 4. The standard InChI is InChI=1S/C25H27N5/c1-2-3-4-6-10-20-13-15-22(16-14-20)27-23-19-24(30-18-9-17-26-30)29-25(28-23)21-11-7-5-8-12-21/h5,7-9,11-19H,2-4,6,10H2,1H3,(H,27,28,29). The van der Waals surface area contributed by atoms with Crippen LogP contribution in [-0.4, -0.2) is 19.7 Å². The Labute approximate surface area is 177 Å². The van der Waals surface area contributed by atoms with Crippen molar-refractivity contribution in [3.05, 3.63) is 84.7 Å². The Bertz CT molecular complexity index is 1040. The first kappa shape index (κ1) is 19.8. The Morgan fingerprint density at radius 1 is 0.867 bits per heavy atom. The molecule has 2 aromatic carbocycles. The van der Waals surface area contributed by atoms with Gasteiger partial charge in [0.25, 0.3) is 0 Å². The first-order chi connectivity index (χ1) is 14.8. The van der Waals surface area contributed by atoms with Crippen LogP contribution in [0.3, 0.4) is 0 Å². The summed E-state index contributed by atoms with van der Waals surface area (Å²) in [6.07, 6.45) is 9.90. The molecule has 4 aromatic rings. The van der Waals surface area contributed by atoms with Crippen molar-refractivity contribution in [3.63, 3.8) is 0 Å². The molecule has 0 bridgehead atoms. The van der Waals surface area contributed by atoms with E-state index in [4.69, 9.17) is 9.97 Å². The van der Waals surface area contributed by atoms with Crippen LogP contribution in [-0.2, 0) is 6.42 Å². The Morgan fingerprint density at radius 2 is 1.70 bits per heavy atom. The van der Waals surface area contributed by atoms with Crippen molar-refractivity contribution in [1.82, 2.24) is 19.7 Å². The maximum Gasteiger partial charge on any atom is 0.163 e. The summed E-state index contributed by atoms with van der Waals surface area (Å²) in [4.78, 5) is 9.44. The van der Waals surface area contributed by atoms with Gasteiger partial charge in [-0.2, -0.15) is 5.10 Å². The SMILES string of the molecule is CCCCCCc1ccc(Nc2cc(-n3cccn3)nc(-c3ccccc3)n2)cc1. The molecule has 0 saturated carbocycles. The molecule has 0 fully saturated rings. The van der Waals surface area contributed by atoms with Crippen LogP contribution in [0.4, 0.5) is 11.5 Å². The molecule has 152 valence electrons. The van der Waals surface area contributed by atoms with E-state index < -0.39 is 0 Å². The molecule has 2 aromatic heterocycles. The predicted octanol–water partition coefficient (Wildman–Crippen LogP) is 6.20. The van der Waals surface area contributed by atoms with Crippen LogP contribution in [0.5, 0.6) is 0 Å². The Balaban J connectivity index is 1.55. The molecule has 0 saturated heterocycles. The van der Waals surface area contributed by atoms with Gasteiger partial charge in [-0.1, -0.05) is 68.7 Å². The minimum Gasteiger partial charge on any atom is -0.340 e. The van der Waals surface area contributed by atoms with Gasteiger partial charge >= 0.3 is 0 Å². The number of nitrogens with zero attached hydrogens (tertiary/aromatic N) is 4.